The van der Waals surface area contributed by atoms with Gasteiger partial charge in [-0.3, -0.25) is 4.90 Å². The Morgan fingerprint density at radius 1 is 1.35 bits per heavy atom. The van der Waals surface area contributed by atoms with Gasteiger partial charge in [-0.25, -0.2) is 0 Å². The molecule has 2 aromatic rings. The zero-order valence-corrected chi connectivity index (χ0v) is 11.7. The SMILES string of the molecule is CC1CC(CN)CN1Cc1noc(-c2ccccc2)n1. The van der Waals surface area contributed by atoms with Gasteiger partial charge in [0.2, 0.25) is 0 Å². The third-order valence-corrected chi connectivity index (χ3v) is 3.96. The van der Waals surface area contributed by atoms with Crippen molar-refractivity contribution in [1.82, 2.24) is 15.0 Å². The summed E-state index contributed by atoms with van der Waals surface area (Å²) in [7, 11) is 0. The number of nitrogens with zero attached hydrogens (tertiary/aromatic N) is 3. The average Bonchev–Trinajstić information content (AvgIpc) is 3.08. The molecule has 1 fully saturated rings. The number of nitrogens with two attached hydrogens (primary N) is 1. The number of aromatic nitrogens is 2. The summed E-state index contributed by atoms with van der Waals surface area (Å²) in [4.78, 5) is 6.85. The van der Waals surface area contributed by atoms with Gasteiger partial charge < -0.3 is 10.3 Å². The van der Waals surface area contributed by atoms with Crippen LogP contribution in [0.5, 0.6) is 0 Å². The van der Waals surface area contributed by atoms with Crippen LogP contribution in [0, 0.1) is 5.92 Å². The molecule has 5 nitrogen and oxygen atoms in total. The van der Waals surface area contributed by atoms with Gasteiger partial charge in [-0.2, -0.15) is 4.98 Å². The molecule has 1 aromatic heterocycles. The first-order chi connectivity index (χ1) is 9.76. The largest absolute Gasteiger partial charge is 0.334 e. The standard InChI is InChI=1S/C15H20N4O/c1-11-7-12(8-16)9-19(11)10-14-17-15(20-18-14)13-5-3-2-4-6-13/h2-6,11-12H,7-10,16H2,1H3. The van der Waals surface area contributed by atoms with Crippen LogP contribution in [0.25, 0.3) is 11.5 Å². The first kappa shape index (κ1) is 13.3. The minimum absolute atomic E-state index is 0.530. The number of hydrogen-bond acceptors (Lipinski definition) is 5. The van der Waals surface area contributed by atoms with Crippen LogP contribution < -0.4 is 5.73 Å². The van der Waals surface area contributed by atoms with Gasteiger partial charge in [0.25, 0.3) is 5.89 Å². The van der Waals surface area contributed by atoms with E-state index in [-0.39, 0.29) is 0 Å². The molecule has 0 bridgehead atoms. The molecule has 0 amide bonds. The maximum atomic E-state index is 5.76. The summed E-state index contributed by atoms with van der Waals surface area (Å²) in [6.45, 7) is 4.73. The van der Waals surface area contributed by atoms with E-state index in [1.54, 1.807) is 0 Å². The normalized spacial score (nSPS) is 23.3. The highest BCUT2D eigenvalue weighted by Crippen LogP contribution is 2.24. The smallest absolute Gasteiger partial charge is 0.257 e. The van der Waals surface area contributed by atoms with Crippen LogP contribution in [0.4, 0.5) is 0 Å². The molecule has 106 valence electrons. The van der Waals surface area contributed by atoms with Crippen LogP contribution in [0.3, 0.4) is 0 Å². The topological polar surface area (TPSA) is 68.2 Å². The van der Waals surface area contributed by atoms with Crippen LogP contribution in [-0.2, 0) is 6.54 Å². The van der Waals surface area contributed by atoms with Gasteiger partial charge in [-0.05, 0) is 37.9 Å². The Bertz CT molecular complexity index is 554. The van der Waals surface area contributed by atoms with Gasteiger partial charge in [0.15, 0.2) is 5.82 Å². The van der Waals surface area contributed by atoms with Crippen LogP contribution in [0.2, 0.25) is 0 Å². The predicted octanol–water partition coefficient (Wildman–Crippen LogP) is 1.91. The maximum absolute atomic E-state index is 5.76. The van der Waals surface area contributed by atoms with Crippen molar-refractivity contribution < 1.29 is 4.52 Å². The van der Waals surface area contributed by atoms with Crippen molar-refractivity contribution in [2.45, 2.75) is 25.9 Å². The molecule has 3 rings (SSSR count). The summed E-state index contributed by atoms with van der Waals surface area (Å²) < 4.78 is 5.34. The molecule has 1 aliphatic heterocycles. The van der Waals surface area contributed by atoms with E-state index in [4.69, 9.17) is 10.3 Å². The number of benzene rings is 1. The molecule has 20 heavy (non-hydrogen) atoms. The van der Waals surface area contributed by atoms with Gasteiger partial charge in [0.1, 0.15) is 0 Å². The average molecular weight is 272 g/mol. The van der Waals surface area contributed by atoms with E-state index >= 15 is 0 Å². The molecule has 0 saturated carbocycles. The van der Waals surface area contributed by atoms with Crippen LogP contribution in [-0.4, -0.2) is 34.2 Å². The summed E-state index contributed by atoms with van der Waals surface area (Å²) in [6, 6.07) is 10.4. The highest BCUT2D eigenvalue weighted by atomic mass is 16.5. The summed E-state index contributed by atoms with van der Waals surface area (Å²) >= 11 is 0. The van der Waals surface area contributed by atoms with Crippen molar-refractivity contribution in [1.29, 1.82) is 0 Å². The molecule has 0 spiro atoms. The molecule has 1 aromatic carbocycles. The van der Waals surface area contributed by atoms with Crippen LogP contribution in [0.1, 0.15) is 19.2 Å². The van der Waals surface area contributed by atoms with Gasteiger partial charge >= 0.3 is 0 Å². The minimum atomic E-state index is 0.530. The van der Waals surface area contributed by atoms with E-state index in [0.717, 1.165) is 37.4 Å². The van der Waals surface area contributed by atoms with E-state index in [1.807, 2.05) is 30.3 Å². The lowest BCUT2D eigenvalue weighted by Crippen LogP contribution is -2.27. The number of rotatable bonds is 4. The van der Waals surface area contributed by atoms with Crippen molar-refractivity contribution in [2.75, 3.05) is 13.1 Å². The predicted molar refractivity (Wildman–Crippen MR) is 76.8 cm³/mol. The Kier molecular flexibility index (Phi) is 3.80. The van der Waals surface area contributed by atoms with Crippen molar-refractivity contribution in [2.24, 2.45) is 11.7 Å². The summed E-state index contributed by atoms with van der Waals surface area (Å²) in [5, 5.41) is 4.08. The third-order valence-electron chi connectivity index (χ3n) is 3.96. The van der Waals surface area contributed by atoms with Crippen LogP contribution >= 0.6 is 0 Å². The molecule has 2 unspecified atom stereocenters. The fourth-order valence-electron chi connectivity index (χ4n) is 2.81. The first-order valence-electron chi connectivity index (χ1n) is 7.08. The Morgan fingerprint density at radius 2 is 2.15 bits per heavy atom. The molecule has 2 atom stereocenters. The lowest BCUT2D eigenvalue weighted by Gasteiger charge is -2.18. The Morgan fingerprint density at radius 3 is 2.85 bits per heavy atom. The molecule has 2 N–H and O–H groups in total. The molecule has 1 saturated heterocycles. The monoisotopic (exact) mass is 272 g/mol. The number of likely N-dealkylation sites (tertiary alicyclic amines) is 1. The Balaban J connectivity index is 1.69. The third kappa shape index (κ3) is 2.73. The van der Waals surface area contributed by atoms with Crippen molar-refractivity contribution in [3.8, 4) is 11.5 Å². The van der Waals surface area contributed by atoms with Crippen molar-refractivity contribution in [3.63, 3.8) is 0 Å². The molecule has 1 aliphatic rings. The quantitative estimate of drug-likeness (QED) is 0.920. The van der Waals surface area contributed by atoms with Gasteiger partial charge in [-0.1, -0.05) is 23.4 Å². The first-order valence-corrected chi connectivity index (χ1v) is 7.08. The lowest BCUT2D eigenvalue weighted by molar-refractivity contribution is 0.245. The summed E-state index contributed by atoms with van der Waals surface area (Å²) in [6.07, 6.45) is 1.15. The molecular weight excluding hydrogens is 252 g/mol. The van der Waals surface area contributed by atoms with E-state index in [2.05, 4.69) is 22.0 Å². The van der Waals surface area contributed by atoms with Crippen molar-refractivity contribution >= 4 is 0 Å². The number of hydrogen-bond donors (Lipinski definition) is 1. The zero-order valence-electron chi connectivity index (χ0n) is 11.7. The molecule has 2 heterocycles. The van der Waals surface area contributed by atoms with E-state index in [1.165, 1.54) is 0 Å². The second-order valence-corrected chi connectivity index (χ2v) is 5.50. The van der Waals surface area contributed by atoms with Gasteiger partial charge in [-0.15, -0.1) is 0 Å². The van der Waals surface area contributed by atoms with Gasteiger partial charge in [0, 0.05) is 18.2 Å². The van der Waals surface area contributed by atoms with Crippen molar-refractivity contribution in [3.05, 3.63) is 36.2 Å². The Hall–Kier alpha value is -1.72. The second-order valence-electron chi connectivity index (χ2n) is 5.50. The van der Waals surface area contributed by atoms with E-state index in [9.17, 15) is 0 Å². The minimum Gasteiger partial charge on any atom is -0.334 e. The maximum Gasteiger partial charge on any atom is 0.257 e. The van der Waals surface area contributed by atoms with Crippen LogP contribution in [0.15, 0.2) is 34.9 Å². The van der Waals surface area contributed by atoms with Gasteiger partial charge in [0.05, 0.1) is 6.54 Å². The van der Waals surface area contributed by atoms with E-state index < -0.39 is 0 Å². The fourth-order valence-corrected chi connectivity index (χ4v) is 2.81. The lowest BCUT2D eigenvalue weighted by atomic mass is 10.1. The molecule has 5 heteroatoms. The molecule has 0 aliphatic carbocycles. The molecule has 0 radical (unpaired) electrons. The highest BCUT2D eigenvalue weighted by molar-refractivity contribution is 5.51. The summed E-state index contributed by atoms with van der Waals surface area (Å²) in [5.74, 6) is 1.92. The van der Waals surface area contributed by atoms with E-state index in [0.29, 0.717) is 17.9 Å². The fraction of sp³-hybridized carbons (Fsp3) is 0.467. The molecular formula is C15H20N4O. The highest BCUT2D eigenvalue weighted by Gasteiger charge is 2.29. The Labute approximate surface area is 118 Å². The second kappa shape index (κ2) is 5.73. The summed E-state index contributed by atoms with van der Waals surface area (Å²) in [5.41, 5.74) is 6.71. The zero-order chi connectivity index (χ0) is 13.9.